The second-order valence-corrected chi connectivity index (χ2v) is 8.57. The first-order chi connectivity index (χ1) is 16.8. The van der Waals surface area contributed by atoms with E-state index in [9.17, 15) is 4.79 Å². The summed E-state index contributed by atoms with van der Waals surface area (Å²) in [7, 11) is 0. The summed E-state index contributed by atoms with van der Waals surface area (Å²) in [5.74, 6) is 1.32. The zero-order valence-corrected chi connectivity index (χ0v) is 19.0. The summed E-state index contributed by atoms with van der Waals surface area (Å²) in [6.45, 7) is 1.65. The second-order valence-electron chi connectivity index (χ2n) is 8.57. The minimum Gasteiger partial charge on any atom is -0.493 e. The van der Waals surface area contributed by atoms with Crippen molar-refractivity contribution in [1.29, 1.82) is 0 Å². The molecule has 1 amide bonds. The first kappa shape index (κ1) is 21.8. The van der Waals surface area contributed by atoms with Crippen LogP contribution in [0.4, 0.5) is 0 Å². The molecule has 3 heterocycles. The number of aromatic nitrogens is 4. The lowest BCUT2D eigenvalue weighted by atomic mass is 9.95. The van der Waals surface area contributed by atoms with Crippen LogP contribution in [0.1, 0.15) is 40.7 Å². The third kappa shape index (κ3) is 5.14. The molecule has 172 valence electrons. The molecule has 3 aromatic heterocycles. The van der Waals surface area contributed by atoms with E-state index in [-0.39, 0.29) is 5.91 Å². The molecule has 0 N–H and O–H groups in total. The van der Waals surface area contributed by atoms with Gasteiger partial charge in [-0.05, 0) is 66.6 Å². The van der Waals surface area contributed by atoms with Gasteiger partial charge in [0.05, 0.1) is 12.8 Å². The molecule has 7 nitrogen and oxygen atoms in total. The fourth-order valence-corrected chi connectivity index (χ4v) is 4.19. The van der Waals surface area contributed by atoms with Gasteiger partial charge < -0.3 is 9.64 Å². The number of allylic oxidation sites excluding steroid dienone is 2. The molecule has 1 unspecified atom stereocenters. The van der Waals surface area contributed by atoms with Crippen molar-refractivity contribution in [3.63, 3.8) is 0 Å². The third-order valence-corrected chi connectivity index (χ3v) is 6.08. The van der Waals surface area contributed by atoms with Gasteiger partial charge in [-0.1, -0.05) is 24.3 Å². The number of carbonyl (C=O) groups excluding carboxylic acids is 1. The van der Waals surface area contributed by atoms with E-state index in [1.807, 2.05) is 41.3 Å². The summed E-state index contributed by atoms with van der Waals surface area (Å²) >= 11 is 0. The molecule has 1 aliphatic carbocycles. The number of ether oxygens (including phenoxy) is 1. The number of rotatable bonds is 8. The molecule has 4 aromatic rings. The molecular formula is C27H27N5O2. The molecule has 0 saturated heterocycles. The maximum atomic E-state index is 13.6. The van der Waals surface area contributed by atoms with E-state index in [0.717, 1.165) is 36.3 Å². The maximum Gasteiger partial charge on any atom is 0.259 e. The summed E-state index contributed by atoms with van der Waals surface area (Å²) in [6, 6.07) is 13.7. The number of benzene rings is 1. The Morgan fingerprint density at radius 2 is 1.82 bits per heavy atom. The number of carbonyl (C=O) groups is 1. The van der Waals surface area contributed by atoms with Crippen LogP contribution in [-0.2, 0) is 13.1 Å². The van der Waals surface area contributed by atoms with E-state index in [1.54, 1.807) is 41.6 Å². The van der Waals surface area contributed by atoms with Crippen LogP contribution in [0.25, 0.3) is 5.65 Å². The van der Waals surface area contributed by atoms with E-state index >= 15 is 0 Å². The van der Waals surface area contributed by atoms with Gasteiger partial charge in [0, 0.05) is 37.9 Å². The fraction of sp³-hybridized carbons (Fsp3) is 0.259. The summed E-state index contributed by atoms with van der Waals surface area (Å²) in [6.07, 6.45) is 16.4. The number of fused-ring (bicyclic) bond motifs is 1. The normalized spacial score (nSPS) is 15.4. The lowest BCUT2D eigenvalue weighted by molar-refractivity contribution is 0.0731. The van der Waals surface area contributed by atoms with Gasteiger partial charge in [-0.15, -0.1) is 0 Å². The largest absolute Gasteiger partial charge is 0.493 e. The summed E-state index contributed by atoms with van der Waals surface area (Å²) in [4.78, 5) is 23.8. The van der Waals surface area contributed by atoms with Gasteiger partial charge in [0.15, 0.2) is 5.65 Å². The molecular weight excluding hydrogens is 426 g/mol. The van der Waals surface area contributed by atoms with Crippen LogP contribution in [0.15, 0.2) is 85.6 Å². The van der Waals surface area contributed by atoms with Crippen molar-refractivity contribution in [2.24, 2.45) is 5.92 Å². The zero-order chi connectivity index (χ0) is 23.2. The van der Waals surface area contributed by atoms with E-state index in [1.165, 1.54) is 6.42 Å². The molecule has 1 atom stereocenters. The maximum absolute atomic E-state index is 13.6. The van der Waals surface area contributed by atoms with Crippen LogP contribution in [-0.4, -0.2) is 37.0 Å². The van der Waals surface area contributed by atoms with E-state index < -0.39 is 0 Å². The van der Waals surface area contributed by atoms with Crippen LogP contribution in [0.5, 0.6) is 5.75 Å². The van der Waals surface area contributed by atoms with Crippen LogP contribution in [0.2, 0.25) is 0 Å². The van der Waals surface area contributed by atoms with Crippen LogP contribution < -0.4 is 4.74 Å². The highest BCUT2D eigenvalue weighted by Crippen LogP contribution is 2.22. The van der Waals surface area contributed by atoms with Crippen LogP contribution >= 0.6 is 0 Å². The highest BCUT2D eigenvalue weighted by molar-refractivity contribution is 5.99. The summed E-state index contributed by atoms with van der Waals surface area (Å²) in [5.41, 5.74) is 3.07. The molecule has 0 fully saturated rings. The van der Waals surface area contributed by atoms with Crippen molar-refractivity contribution >= 4 is 11.6 Å². The fourth-order valence-electron chi connectivity index (χ4n) is 4.19. The Balaban J connectivity index is 1.32. The van der Waals surface area contributed by atoms with Crippen LogP contribution in [0, 0.1) is 5.92 Å². The second kappa shape index (κ2) is 10.3. The number of amides is 1. The summed E-state index contributed by atoms with van der Waals surface area (Å²) in [5, 5.41) is 4.28. The average molecular weight is 454 g/mol. The van der Waals surface area contributed by atoms with Gasteiger partial charge in [-0.3, -0.25) is 9.78 Å². The lowest BCUT2D eigenvalue weighted by Crippen LogP contribution is -2.30. The van der Waals surface area contributed by atoms with Gasteiger partial charge in [-0.2, -0.15) is 5.10 Å². The number of hydrogen-bond acceptors (Lipinski definition) is 5. The Morgan fingerprint density at radius 3 is 2.59 bits per heavy atom. The third-order valence-electron chi connectivity index (χ3n) is 6.08. The predicted molar refractivity (Wildman–Crippen MR) is 129 cm³/mol. The Hall–Kier alpha value is -4.00. The van der Waals surface area contributed by atoms with E-state index in [4.69, 9.17) is 4.74 Å². The molecule has 0 spiro atoms. The highest BCUT2D eigenvalue weighted by Gasteiger charge is 2.21. The van der Waals surface area contributed by atoms with Gasteiger partial charge in [-0.25, -0.2) is 9.50 Å². The predicted octanol–water partition coefficient (Wildman–Crippen LogP) is 4.70. The van der Waals surface area contributed by atoms with Crippen molar-refractivity contribution in [3.8, 4) is 5.75 Å². The lowest BCUT2D eigenvalue weighted by Gasteiger charge is -2.23. The molecule has 7 heteroatoms. The van der Waals surface area contributed by atoms with Crippen LogP contribution in [0.3, 0.4) is 0 Å². The number of pyridine rings is 1. The average Bonchev–Trinajstić information content (AvgIpc) is 3.33. The molecule has 34 heavy (non-hydrogen) atoms. The molecule has 0 radical (unpaired) electrons. The summed E-state index contributed by atoms with van der Waals surface area (Å²) < 4.78 is 7.63. The molecule has 1 aromatic carbocycles. The minimum absolute atomic E-state index is 0.115. The van der Waals surface area contributed by atoms with E-state index in [0.29, 0.717) is 30.2 Å². The van der Waals surface area contributed by atoms with Crippen molar-refractivity contribution in [2.75, 3.05) is 6.61 Å². The van der Waals surface area contributed by atoms with Gasteiger partial charge in [0.2, 0.25) is 0 Å². The number of nitrogens with zero attached hydrogens (tertiary/aromatic N) is 5. The molecule has 1 aliphatic rings. The SMILES string of the molecule is O=C(c1cnn2cccnc12)N(Cc1ccncc1)Cc1ccc(OCC2CC=CCC2)cc1. The minimum atomic E-state index is -0.115. The quantitative estimate of drug-likeness (QED) is 0.362. The van der Waals surface area contributed by atoms with Crippen molar-refractivity contribution in [1.82, 2.24) is 24.5 Å². The molecule has 0 bridgehead atoms. The van der Waals surface area contributed by atoms with Crippen molar-refractivity contribution in [3.05, 3.63) is 102 Å². The van der Waals surface area contributed by atoms with Crippen molar-refractivity contribution < 1.29 is 9.53 Å². The van der Waals surface area contributed by atoms with Crippen molar-refractivity contribution in [2.45, 2.75) is 32.4 Å². The first-order valence-corrected chi connectivity index (χ1v) is 11.6. The molecule has 0 aliphatic heterocycles. The highest BCUT2D eigenvalue weighted by atomic mass is 16.5. The Bertz CT molecular complexity index is 1270. The topological polar surface area (TPSA) is 72.6 Å². The standard InChI is InChI=1S/C27H27N5O2/c33-27(25-17-30-32-16-4-13-29-26(25)32)31(19-22-11-14-28-15-12-22)18-21-7-9-24(10-8-21)34-20-23-5-2-1-3-6-23/h1-2,4,7-17,23H,3,5-6,18-20H2. The first-order valence-electron chi connectivity index (χ1n) is 11.6. The Labute approximate surface area is 198 Å². The molecule has 0 saturated carbocycles. The Morgan fingerprint density at radius 1 is 1.03 bits per heavy atom. The Kier molecular flexibility index (Phi) is 6.61. The van der Waals surface area contributed by atoms with E-state index in [2.05, 4.69) is 27.2 Å². The monoisotopic (exact) mass is 453 g/mol. The van der Waals surface area contributed by atoms with Gasteiger partial charge in [0.25, 0.3) is 5.91 Å². The van der Waals surface area contributed by atoms with Gasteiger partial charge >= 0.3 is 0 Å². The van der Waals surface area contributed by atoms with Gasteiger partial charge in [0.1, 0.15) is 11.3 Å². The number of hydrogen-bond donors (Lipinski definition) is 0. The zero-order valence-electron chi connectivity index (χ0n) is 19.0. The molecule has 5 rings (SSSR count). The smallest absolute Gasteiger partial charge is 0.259 e.